The molecule has 1 unspecified atom stereocenters. The normalized spacial score (nSPS) is 12.7. The Balaban J connectivity index is 0.00000243. The Morgan fingerprint density at radius 3 is 2.08 bits per heavy atom. The number of carbonyl (C=O) groups is 1. The van der Waals surface area contributed by atoms with E-state index in [4.69, 9.17) is 4.74 Å². The monoisotopic (exact) mass is 411 g/mol. The second kappa shape index (κ2) is 8.88. The van der Waals surface area contributed by atoms with Crippen molar-refractivity contribution in [3.63, 3.8) is 0 Å². The Kier molecular flexibility index (Phi) is 6.83. The maximum absolute atomic E-state index is 12.9. The first-order valence-corrected chi connectivity index (χ1v) is 8.32. The van der Waals surface area contributed by atoms with Crippen molar-refractivity contribution in [2.45, 2.75) is 19.1 Å². The number of ketones is 1. The van der Waals surface area contributed by atoms with E-state index in [9.17, 15) is 4.79 Å². The van der Waals surface area contributed by atoms with Crippen molar-refractivity contribution in [2.24, 2.45) is 0 Å². The van der Waals surface area contributed by atoms with Crippen LogP contribution in [0.25, 0.3) is 0 Å². The van der Waals surface area contributed by atoms with Crippen molar-refractivity contribution in [2.75, 3.05) is 7.11 Å². The molecule has 2 aromatic carbocycles. The van der Waals surface area contributed by atoms with E-state index in [2.05, 4.69) is 4.57 Å². The lowest BCUT2D eigenvalue weighted by Gasteiger charge is -2.27. The van der Waals surface area contributed by atoms with Crippen molar-refractivity contribution >= 4 is 5.78 Å². The number of rotatable bonds is 6. The van der Waals surface area contributed by atoms with Crippen LogP contribution >= 0.6 is 0 Å². The number of pyridine rings is 1. The number of Topliss-reactive ketones (excluding diaryl/α,β-unsaturated/α-hetero) is 1. The smallest absolute Gasteiger partial charge is 0.198 e. The zero-order valence-electron chi connectivity index (χ0n) is 14.9. The van der Waals surface area contributed by atoms with Gasteiger partial charge in [-0.15, -0.1) is 0 Å². The van der Waals surface area contributed by atoms with Crippen LogP contribution in [0, 0.1) is 0 Å². The third-order valence-electron chi connectivity index (χ3n) is 4.52. The summed E-state index contributed by atoms with van der Waals surface area (Å²) in [5, 5.41) is 0. The highest BCUT2D eigenvalue weighted by molar-refractivity contribution is 6.02. The average molecular weight is 412 g/mol. The molecule has 0 N–H and O–H groups in total. The highest BCUT2D eigenvalue weighted by Crippen LogP contribution is 2.29. The molecule has 3 aromatic rings. The van der Waals surface area contributed by atoms with Gasteiger partial charge >= 0.3 is 0 Å². The number of nitrogens with zero attached hydrogens (tertiary/aromatic N) is 1. The molecule has 26 heavy (non-hydrogen) atoms. The Bertz CT molecular complexity index is 835. The topological polar surface area (TPSA) is 30.2 Å². The first kappa shape index (κ1) is 20.0. The van der Waals surface area contributed by atoms with E-state index in [1.54, 1.807) is 7.11 Å². The van der Waals surface area contributed by atoms with Gasteiger partial charge in [0.2, 0.25) is 0 Å². The summed E-state index contributed by atoms with van der Waals surface area (Å²) in [6.45, 7) is 2.61. The minimum atomic E-state index is -1.00. The number of hydrogen-bond donors (Lipinski definition) is 0. The predicted molar refractivity (Wildman–Crippen MR) is 97.3 cm³/mol. The Morgan fingerprint density at radius 2 is 1.50 bits per heavy atom. The maximum Gasteiger partial charge on any atom is 0.198 e. The lowest BCUT2D eigenvalue weighted by Crippen LogP contribution is -3.00. The van der Waals surface area contributed by atoms with E-state index < -0.39 is 5.60 Å². The van der Waals surface area contributed by atoms with Crippen LogP contribution in [-0.2, 0) is 16.9 Å². The molecule has 0 saturated heterocycles. The summed E-state index contributed by atoms with van der Waals surface area (Å²) in [6.07, 6.45) is 4.07. The lowest BCUT2D eigenvalue weighted by molar-refractivity contribution is -0.688. The van der Waals surface area contributed by atoms with Gasteiger partial charge in [0, 0.05) is 30.4 Å². The average Bonchev–Trinajstić information content (AvgIpc) is 2.69. The van der Waals surface area contributed by atoms with E-state index >= 15 is 0 Å². The van der Waals surface area contributed by atoms with Crippen LogP contribution in [0.5, 0.6) is 0 Å². The molecule has 0 bridgehead atoms. The fourth-order valence-electron chi connectivity index (χ4n) is 2.89. The fourth-order valence-corrected chi connectivity index (χ4v) is 2.89. The first-order chi connectivity index (χ1) is 12.1. The van der Waals surface area contributed by atoms with Crippen LogP contribution < -0.4 is 21.5 Å². The largest absolute Gasteiger partial charge is 1.00 e. The van der Waals surface area contributed by atoms with Crippen molar-refractivity contribution in [1.82, 2.24) is 0 Å². The maximum atomic E-state index is 12.9. The van der Waals surface area contributed by atoms with Gasteiger partial charge in [0.15, 0.2) is 30.3 Å². The summed E-state index contributed by atoms with van der Waals surface area (Å²) in [4.78, 5) is 12.9. The van der Waals surface area contributed by atoms with Crippen molar-refractivity contribution in [3.8, 4) is 0 Å². The van der Waals surface area contributed by atoms with E-state index in [0.29, 0.717) is 5.56 Å². The first-order valence-electron chi connectivity index (χ1n) is 8.32. The molecule has 0 spiro atoms. The van der Waals surface area contributed by atoms with Gasteiger partial charge in [-0.1, -0.05) is 60.7 Å². The van der Waals surface area contributed by atoms with Gasteiger partial charge in [0.05, 0.1) is 0 Å². The number of methoxy groups -OCH3 is 1. The van der Waals surface area contributed by atoms with Crippen LogP contribution in [-0.4, -0.2) is 12.9 Å². The molecular formula is C22H22BrNO2. The standard InChI is InChI=1S/C22H22NO2.BrH/c1-22(25-2,21(24)19-9-5-3-6-10-19)20-13-11-18(12-14-20)17-23-15-7-4-8-16-23;/h3-16H,17H2,1-2H3;1H/q+1;/p-1. The molecular weight excluding hydrogens is 390 g/mol. The molecule has 0 aliphatic carbocycles. The van der Waals surface area contributed by atoms with Crippen LogP contribution in [0.4, 0.5) is 0 Å². The molecule has 0 radical (unpaired) electrons. The van der Waals surface area contributed by atoms with Gasteiger partial charge in [-0.25, -0.2) is 4.57 Å². The van der Waals surface area contributed by atoms with E-state index in [0.717, 1.165) is 12.1 Å². The van der Waals surface area contributed by atoms with Gasteiger partial charge in [0.25, 0.3) is 0 Å². The Morgan fingerprint density at radius 1 is 0.923 bits per heavy atom. The van der Waals surface area contributed by atoms with Crippen LogP contribution in [0.1, 0.15) is 28.4 Å². The van der Waals surface area contributed by atoms with Gasteiger partial charge in [-0.3, -0.25) is 4.79 Å². The lowest BCUT2D eigenvalue weighted by atomic mass is 9.87. The summed E-state index contributed by atoms with van der Waals surface area (Å²) in [6, 6.07) is 23.3. The van der Waals surface area contributed by atoms with E-state index in [1.807, 2.05) is 92.1 Å². The zero-order valence-corrected chi connectivity index (χ0v) is 16.5. The molecule has 1 atom stereocenters. The second-order valence-corrected chi connectivity index (χ2v) is 6.18. The zero-order chi connectivity index (χ0) is 17.7. The number of benzene rings is 2. The summed E-state index contributed by atoms with van der Waals surface area (Å²) in [7, 11) is 1.58. The number of hydrogen-bond acceptors (Lipinski definition) is 2. The van der Waals surface area contributed by atoms with Gasteiger partial charge in [0.1, 0.15) is 0 Å². The SMILES string of the molecule is COC(C)(C(=O)c1ccccc1)c1ccc(C[n+]2ccccc2)cc1.[Br-]. The Hall–Kier alpha value is -2.30. The minimum absolute atomic E-state index is 0. The van der Waals surface area contributed by atoms with Crippen LogP contribution in [0.15, 0.2) is 85.2 Å². The molecule has 1 heterocycles. The second-order valence-electron chi connectivity index (χ2n) is 6.18. The minimum Gasteiger partial charge on any atom is -1.00 e. The summed E-state index contributed by atoms with van der Waals surface area (Å²) in [5.74, 6) is -0.0409. The number of carbonyl (C=O) groups excluding carboxylic acids is 1. The quantitative estimate of drug-likeness (QED) is 0.443. The highest BCUT2D eigenvalue weighted by atomic mass is 79.9. The fraction of sp³-hybridized carbons (Fsp3) is 0.182. The summed E-state index contributed by atoms with van der Waals surface area (Å²) in [5.41, 5.74) is 1.67. The number of aromatic nitrogens is 1. The third-order valence-corrected chi connectivity index (χ3v) is 4.52. The van der Waals surface area contributed by atoms with Crippen LogP contribution in [0.2, 0.25) is 0 Å². The van der Waals surface area contributed by atoms with Gasteiger partial charge < -0.3 is 21.7 Å². The molecule has 4 heteroatoms. The Labute approximate surface area is 165 Å². The molecule has 0 saturated carbocycles. The summed E-state index contributed by atoms with van der Waals surface area (Å²) < 4.78 is 7.75. The predicted octanol–water partition coefficient (Wildman–Crippen LogP) is 0.771. The summed E-state index contributed by atoms with van der Waals surface area (Å²) >= 11 is 0. The number of ether oxygens (including phenoxy) is 1. The van der Waals surface area contributed by atoms with Crippen molar-refractivity contribution < 1.29 is 31.1 Å². The molecule has 0 aliphatic rings. The van der Waals surface area contributed by atoms with E-state index in [1.165, 1.54) is 5.56 Å². The molecule has 0 amide bonds. The molecule has 1 aromatic heterocycles. The van der Waals surface area contributed by atoms with Crippen LogP contribution in [0.3, 0.4) is 0 Å². The van der Waals surface area contributed by atoms with E-state index in [-0.39, 0.29) is 22.8 Å². The highest BCUT2D eigenvalue weighted by Gasteiger charge is 2.35. The third kappa shape index (κ3) is 4.26. The van der Waals surface area contributed by atoms with Gasteiger partial charge in [-0.2, -0.15) is 0 Å². The van der Waals surface area contributed by atoms with Gasteiger partial charge in [-0.05, 0) is 12.5 Å². The number of halogens is 1. The molecule has 3 nitrogen and oxygen atoms in total. The van der Waals surface area contributed by atoms with Crippen molar-refractivity contribution in [1.29, 1.82) is 0 Å². The molecule has 0 fully saturated rings. The molecule has 134 valence electrons. The molecule has 0 aliphatic heterocycles. The van der Waals surface area contributed by atoms with Crippen molar-refractivity contribution in [3.05, 3.63) is 102 Å². The molecule has 3 rings (SSSR count).